The Kier molecular flexibility index (Phi) is 12.2. The van der Waals surface area contributed by atoms with E-state index in [2.05, 4.69) is 36.4 Å². The maximum atomic E-state index is 12.8. The summed E-state index contributed by atoms with van der Waals surface area (Å²) in [6.45, 7) is 6.04. The van der Waals surface area contributed by atoms with Gasteiger partial charge < -0.3 is 16.0 Å². The number of hydrogen-bond acceptors (Lipinski definition) is 9. The highest BCUT2D eigenvalue weighted by Crippen LogP contribution is 2.23. The maximum Gasteiger partial charge on any atom is 0.258 e. The van der Waals surface area contributed by atoms with Crippen molar-refractivity contribution in [2.24, 2.45) is 20.5 Å². The van der Waals surface area contributed by atoms with Crippen molar-refractivity contribution >= 4 is 80.9 Å². The molecule has 0 fully saturated rings. The van der Waals surface area contributed by atoms with E-state index in [1.54, 1.807) is 74.5 Å². The molecule has 3 amide bonds. The molecule has 0 radical (unpaired) electrons. The molecule has 250 valence electrons. The molecule has 14 heteroatoms. The number of rotatable bonds is 12. The number of anilines is 3. The van der Waals surface area contributed by atoms with Crippen LogP contribution < -0.4 is 16.0 Å². The van der Waals surface area contributed by atoms with Crippen LogP contribution in [0.15, 0.2) is 105 Å². The summed E-state index contributed by atoms with van der Waals surface area (Å²) in [6, 6.07) is 19.5. The molecule has 49 heavy (non-hydrogen) atoms. The molecule has 2 atom stereocenters. The minimum Gasteiger partial charge on any atom is -0.324 e. The first kappa shape index (κ1) is 36.2. The molecular formula is C35H31Cl2N7O5. The fourth-order valence-electron chi connectivity index (χ4n) is 4.32. The van der Waals surface area contributed by atoms with Gasteiger partial charge in [0.25, 0.3) is 17.7 Å². The van der Waals surface area contributed by atoms with Gasteiger partial charge in [-0.1, -0.05) is 23.2 Å². The first-order valence-corrected chi connectivity index (χ1v) is 15.5. The summed E-state index contributed by atoms with van der Waals surface area (Å²) in [7, 11) is 0. The van der Waals surface area contributed by atoms with Crippen LogP contribution >= 0.6 is 23.2 Å². The first-order chi connectivity index (χ1) is 23.3. The molecule has 0 spiro atoms. The van der Waals surface area contributed by atoms with Gasteiger partial charge in [-0.05, 0) is 124 Å². The molecule has 0 heterocycles. The molecule has 4 rings (SSSR count). The van der Waals surface area contributed by atoms with Crippen LogP contribution in [0.3, 0.4) is 0 Å². The molecule has 4 aromatic rings. The fraction of sp³-hybridized carbons (Fsp3) is 0.171. The number of hydrogen-bond donors (Lipinski definition) is 3. The van der Waals surface area contributed by atoms with E-state index < -0.39 is 41.4 Å². The first-order valence-electron chi connectivity index (χ1n) is 14.8. The number of Topliss-reactive ketones (excluding diaryl/α,β-unsaturated/α-hetero) is 2. The molecule has 0 aromatic heterocycles. The third kappa shape index (κ3) is 10.2. The number of nitrogens with one attached hydrogen (secondary N) is 3. The van der Waals surface area contributed by atoms with E-state index in [0.29, 0.717) is 44.0 Å². The lowest BCUT2D eigenvalue weighted by atomic mass is 10.1. The van der Waals surface area contributed by atoms with Crippen molar-refractivity contribution in [3.8, 4) is 0 Å². The summed E-state index contributed by atoms with van der Waals surface area (Å²) < 4.78 is 0. The lowest BCUT2D eigenvalue weighted by Crippen LogP contribution is -2.32. The third-order valence-electron chi connectivity index (χ3n) is 6.99. The number of benzene rings is 4. The number of halogens is 2. The Morgan fingerprint density at radius 2 is 0.980 bits per heavy atom. The largest absolute Gasteiger partial charge is 0.324 e. The second-order valence-electron chi connectivity index (χ2n) is 10.9. The van der Waals surface area contributed by atoms with Crippen LogP contribution in [0.2, 0.25) is 10.0 Å². The van der Waals surface area contributed by atoms with Crippen LogP contribution in [0.1, 0.15) is 35.3 Å². The molecule has 0 saturated carbocycles. The Bertz CT molecular complexity index is 1960. The number of azo groups is 2. The predicted molar refractivity (Wildman–Crippen MR) is 188 cm³/mol. The lowest BCUT2D eigenvalue weighted by Gasteiger charge is -2.12. The van der Waals surface area contributed by atoms with Crippen molar-refractivity contribution in [2.75, 3.05) is 16.0 Å². The molecule has 3 N–H and O–H groups in total. The van der Waals surface area contributed by atoms with Gasteiger partial charge in [-0.25, -0.2) is 0 Å². The van der Waals surface area contributed by atoms with Crippen LogP contribution in [0.5, 0.6) is 0 Å². The van der Waals surface area contributed by atoms with Gasteiger partial charge in [-0.2, -0.15) is 20.5 Å². The van der Waals surface area contributed by atoms with Gasteiger partial charge in [0.1, 0.15) is 0 Å². The van der Waals surface area contributed by atoms with Crippen molar-refractivity contribution in [1.29, 1.82) is 0 Å². The van der Waals surface area contributed by atoms with E-state index in [0.717, 1.165) is 11.1 Å². The zero-order valence-electron chi connectivity index (χ0n) is 26.8. The smallest absolute Gasteiger partial charge is 0.258 e. The molecule has 0 saturated heterocycles. The van der Waals surface area contributed by atoms with E-state index in [-0.39, 0.29) is 0 Å². The number of amides is 3. The number of carbonyl (C=O) groups excluding carboxylic acids is 5. The van der Waals surface area contributed by atoms with Crippen LogP contribution in [-0.2, 0) is 19.2 Å². The highest BCUT2D eigenvalue weighted by Gasteiger charge is 2.25. The average molecular weight is 701 g/mol. The quantitative estimate of drug-likeness (QED) is 0.0997. The van der Waals surface area contributed by atoms with Crippen molar-refractivity contribution in [3.63, 3.8) is 0 Å². The Hall–Kier alpha value is -5.59. The molecule has 0 aliphatic heterocycles. The van der Waals surface area contributed by atoms with Crippen LogP contribution in [-0.4, -0.2) is 41.4 Å². The van der Waals surface area contributed by atoms with Gasteiger partial charge in [-0.3, -0.25) is 24.0 Å². The van der Waals surface area contributed by atoms with Gasteiger partial charge in [0.05, 0.1) is 11.4 Å². The maximum absolute atomic E-state index is 12.8. The second kappa shape index (κ2) is 16.5. The van der Waals surface area contributed by atoms with Gasteiger partial charge in [0, 0.05) is 32.7 Å². The Labute approximate surface area is 292 Å². The fourth-order valence-corrected chi connectivity index (χ4v) is 4.77. The van der Waals surface area contributed by atoms with E-state index in [1.807, 2.05) is 0 Å². The standard InChI is InChI=1S/C35H31Cl2N7O5/c1-19-17-24(36)7-15-29(19)39-34(48)31(21(3)45)43-41-27-9-5-23(6-10-27)33(47)38-26-11-13-28(14-12-26)42-44-32(22(4)46)35(49)40-30-16-8-25(37)18-20(30)2/h5-18,31-32H,1-4H3,(H,38,47)(H,39,48)(H,40,49)/t31-,32+/m0/s1. The lowest BCUT2D eigenvalue weighted by molar-refractivity contribution is -0.127. The number of carbonyl (C=O) groups is 5. The van der Waals surface area contributed by atoms with Crippen LogP contribution in [0.4, 0.5) is 28.4 Å². The van der Waals surface area contributed by atoms with Crippen molar-refractivity contribution in [1.82, 2.24) is 0 Å². The summed E-state index contributed by atoms with van der Waals surface area (Å²) >= 11 is 11.9. The monoisotopic (exact) mass is 699 g/mol. The Morgan fingerprint density at radius 1 is 0.571 bits per heavy atom. The second-order valence-corrected chi connectivity index (χ2v) is 11.8. The van der Waals surface area contributed by atoms with Gasteiger partial charge in [-0.15, -0.1) is 0 Å². The molecule has 0 aliphatic carbocycles. The Balaban J connectivity index is 1.34. The zero-order valence-corrected chi connectivity index (χ0v) is 28.3. The highest BCUT2D eigenvalue weighted by molar-refractivity contribution is 6.31. The SMILES string of the molecule is CC(=O)[C@@H](N=Nc1ccc(NC(=O)c2ccc(N=N[C@@H](C(C)=O)C(=O)Nc3ccc(Cl)cc3C)cc2)cc1)C(=O)Nc1ccc(Cl)cc1C. The van der Waals surface area contributed by atoms with E-state index in [1.165, 1.54) is 38.1 Å². The molecule has 12 nitrogen and oxygen atoms in total. The molecule has 0 bridgehead atoms. The summed E-state index contributed by atoms with van der Waals surface area (Å²) in [5.74, 6) is -2.67. The summed E-state index contributed by atoms with van der Waals surface area (Å²) in [5, 5.41) is 25.1. The van der Waals surface area contributed by atoms with Crippen LogP contribution in [0.25, 0.3) is 0 Å². The van der Waals surface area contributed by atoms with Crippen molar-refractivity contribution in [3.05, 3.63) is 112 Å². The third-order valence-corrected chi connectivity index (χ3v) is 7.46. The molecule has 0 unspecified atom stereocenters. The Morgan fingerprint density at radius 3 is 1.37 bits per heavy atom. The normalized spacial score (nSPS) is 12.4. The van der Waals surface area contributed by atoms with E-state index in [9.17, 15) is 24.0 Å². The topological polar surface area (TPSA) is 171 Å². The van der Waals surface area contributed by atoms with Gasteiger partial charge in [0.2, 0.25) is 12.1 Å². The highest BCUT2D eigenvalue weighted by atomic mass is 35.5. The average Bonchev–Trinajstić information content (AvgIpc) is 3.04. The minimum atomic E-state index is -1.37. The summed E-state index contributed by atoms with van der Waals surface area (Å²) in [4.78, 5) is 62.6. The van der Waals surface area contributed by atoms with Crippen molar-refractivity contribution in [2.45, 2.75) is 39.8 Å². The van der Waals surface area contributed by atoms with Gasteiger partial charge >= 0.3 is 0 Å². The van der Waals surface area contributed by atoms with Gasteiger partial charge in [0.15, 0.2) is 11.6 Å². The summed E-state index contributed by atoms with van der Waals surface area (Å²) in [6.07, 6.45) is 0. The molecular weight excluding hydrogens is 669 g/mol. The summed E-state index contributed by atoms with van der Waals surface area (Å²) in [5.41, 5.74) is 3.90. The number of aryl methyl sites for hydroxylation is 2. The molecule has 0 aliphatic rings. The predicted octanol–water partition coefficient (Wildman–Crippen LogP) is 8.22. The van der Waals surface area contributed by atoms with Crippen LogP contribution in [0, 0.1) is 13.8 Å². The minimum absolute atomic E-state index is 0.313. The number of nitrogens with zero attached hydrogens (tertiary/aromatic N) is 4. The van der Waals surface area contributed by atoms with E-state index >= 15 is 0 Å². The number of ketones is 2. The zero-order chi connectivity index (χ0) is 35.7. The van der Waals surface area contributed by atoms with Crippen molar-refractivity contribution < 1.29 is 24.0 Å². The molecule has 4 aromatic carbocycles. The van der Waals surface area contributed by atoms with E-state index in [4.69, 9.17) is 23.2 Å².